The van der Waals surface area contributed by atoms with Gasteiger partial charge in [-0.25, -0.2) is 0 Å². The Kier molecular flexibility index (Phi) is 6.45. The van der Waals surface area contributed by atoms with E-state index in [1.165, 1.54) is 19.4 Å². The number of carbonyl (C=O) groups is 2. The van der Waals surface area contributed by atoms with Gasteiger partial charge < -0.3 is 9.64 Å². The van der Waals surface area contributed by atoms with Crippen LogP contribution in [-0.2, 0) is 9.53 Å². The van der Waals surface area contributed by atoms with Crippen molar-refractivity contribution >= 4 is 23.5 Å². The molecule has 0 fully saturated rings. The van der Waals surface area contributed by atoms with Crippen LogP contribution in [0.1, 0.15) is 30.8 Å². The summed E-state index contributed by atoms with van der Waals surface area (Å²) < 4.78 is 4.60. The van der Waals surface area contributed by atoms with E-state index < -0.39 is 0 Å². The lowest BCUT2D eigenvalue weighted by Gasteiger charge is -2.23. The molecule has 1 amide bonds. The van der Waals surface area contributed by atoms with Crippen LogP contribution in [0.2, 0.25) is 5.02 Å². The lowest BCUT2D eigenvalue weighted by molar-refractivity contribution is -0.140. The summed E-state index contributed by atoms with van der Waals surface area (Å²) in [5.41, 5.74) is 0.281. The van der Waals surface area contributed by atoms with Crippen LogP contribution in [0.25, 0.3) is 0 Å². The van der Waals surface area contributed by atoms with Gasteiger partial charge in [0.25, 0.3) is 5.91 Å². The van der Waals surface area contributed by atoms with Crippen molar-refractivity contribution in [2.24, 2.45) is 5.92 Å². The molecule has 0 bridgehead atoms. The molecule has 1 aromatic rings. The van der Waals surface area contributed by atoms with E-state index in [1.54, 1.807) is 11.0 Å². The van der Waals surface area contributed by atoms with E-state index in [0.29, 0.717) is 18.1 Å². The average molecular weight is 299 g/mol. The minimum atomic E-state index is -0.342. The van der Waals surface area contributed by atoms with Crippen LogP contribution in [0.15, 0.2) is 18.3 Å². The van der Waals surface area contributed by atoms with Crippen LogP contribution in [0.3, 0.4) is 0 Å². The molecule has 1 heterocycles. The summed E-state index contributed by atoms with van der Waals surface area (Å²) in [6.45, 7) is 4.86. The topological polar surface area (TPSA) is 59.5 Å². The summed E-state index contributed by atoms with van der Waals surface area (Å²) in [7, 11) is 1.33. The van der Waals surface area contributed by atoms with Gasteiger partial charge in [0.2, 0.25) is 0 Å². The number of ether oxygens (including phenoxy) is 1. The zero-order valence-electron chi connectivity index (χ0n) is 11.9. The van der Waals surface area contributed by atoms with E-state index in [2.05, 4.69) is 9.72 Å². The molecule has 1 aromatic heterocycles. The van der Waals surface area contributed by atoms with Crippen LogP contribution < -0.4 is 0 Å². The van der Waals surface area contributed by atoms with Gasteiger partial charge in [0.1, 0.15) is 5.69 Å². The van der Waals surface area contributed by atoms with Crippen molar-refractivity contribution in [3.63, 3.8) is 0 Å². The van der Waals surface area contributed by atoms with Gasteiger partial charge in [-0.05, 0) is 18.1 Å². The van der Waals surface area contributed by atoms with Gasteiger partial charge in [-0.2, -0.15) is 0 Å². The van der Waals surface area contributed by atoms with E-state index in [0.717, 1.165) is 0 Å². The summed E-state index contributed by atoms with van der Waals surface area (Å²) in [5.74, 6) is -0.286. The van der Waals surface area contributed by atoms with Crippen LogP contribution >= 0.6 is 11.6 Å². The quantitative estimate of drug-likeness (QED) is 0.757. The standard InChI is InChI=1S/C14H19ClN2O3/c1-10(2)9-17(7-5-13(18)20-3)14(19)12-8-11(15)4-6-16-12/h4,6,8,10H,5,7,9H2,1-3H3. The van der Waals surface area contributed by atoms with Crippen molar-refractivity contribution in [1.29, 1.82) is 0 Å². The smallest absolute Gasteiger partial charge is 0.307 e. The summed E-state index contributed by atoms with van der Waals surface area (Å²) in [4.78, 5) is 29.2. The molecule has 0 saturated heterocycles. The molecule has 0 unspecified atom stereocenters. The van der Waals surface area contributed by atoms with Gasteiger partial charge >= 0.3 is 5.97 Å². The normalized spacial score (nSPS) is 10.4. The number of hydrogen-bond acceptors (Lipinski definition) is 4. The predicted octanol–water partition coefficient (Wildman–Crippen LogP) is 2.40. The summed E-state index contributed by atoms with van der Waals surface area (Å²) in [6, 6.07) is 3.13. The Bertz CT molecular complexity index is 477. The molecule has 0 spiro atoms. The first-order chi connectivity index (χ1) is 9.43. The summed E-state index contributed by atoms with van der Waals surface area (Å²) in [6.07, 6.45) is 1.65. The molecule has 0 atom stereocenters. The summed E-state index contributed by atoms with van der Waals surface area (Å²) in [5, 5.41) is 0.459. The third-order valence-corrected chi connectivity index (χ3v) is 2.86. The molecule has 0 aliphatic carbocycles. The maximum atomic E-state index is 12.4. The monoisotopic (exact) mass is 298 g/mol. The maximum Gasteiger partial charge on any atom is 0.307 e. The van der Waals surface area contributed by atoms with E-state index in [1.807, 2.05) is 13.8 Å². The van der Waals surface area contributed by atoms with E-state index in [4.69, 9.17) is 11.6 Å². The Morgan fingerprint density at radius 3 is 2.70 bits per heavy atom. The van der Waals surface area contributed by atoms with Gasteiger partial charge in [-0.1, -0.05) is 25.4 Å². The fraction of sp³-hybridized carbons (Fsp3) is 0.500. The SMILES string of the molecule is COC(=O)CCN(CC(C)C)C(=O)c1cc(Cl)ccn1. The first kappa shape index (κ1) is 16.4. The maximum absolute atomic E-state index is 12.4. The highest BCUT2D eigenvalue weighted by atomic mass is 35.5. The molecule has 0 aromatic carbocycles. The van der Waals surface area contributed by atoms with Crippen molar-refractivity contribution in [2.45, 2.75) is 20.3 Å². The molecule has 110 valence electrons. The third kappa shape index (κ3) is 5.17. The highest BCUT2D eigenvalue weighted by Crippen LogP contribution is 2.12. The zero-order chi connectivity index (χ0) is 15.1. The molecule has 0 aliphatic rings. The second-order valence-corrected chi connectivity index (χ2v) is 5.27. The Balaban J connectivity index is 2.81. The fourth-order valence-corrected chi connectivity index (χ4v) is 1.89. The van der Waals surface area contributed by atoms with Crippen molar-refractivity contribution < 1.29 is 14.3 Å². The van der Waals surface area contributed by atoms with Crippen molar-refractivity contribution in [1.82, 2.24) is 9.88 Å². The molecule has 0 radical (unpaired) electrons. The first-order valence-corrected chi connectivity index (χ1v) is 6.79. The molecule has 0 N–H and O–H groups in total. The number of esters is 1. The number of methoxy groups -OCH3 is 1. The molecular formula is C14H19ClN2O3. The molecule has 0 aliphatic heterocycles. The molecule has 5 nitrogen and oxygen atoms in total. The minimum absolute atomic E-state index is 0.162. The lowest BCUT2D eigenvalue weighted by atomic mass is 10.2. The number of halogens is 1. The Labute approximate surface area is 123 Å². The Morgan fingerprint density at radius 1 is 1.45 bits per heavy atom. The number of hydrogen-bond donors (Lipinski definition) is 0. The number of rotatable bonds is 6. The zero-order valence-corrected chi connectivity index (χ0v) is 12.7. The van der Waals surface area contributed by atoms with Gasteiger partial charge in [-0.3, -0.25) is 14.6 Å². The third-order valence-electron chi connectivity index (χ3n) is 2.63. The lowest BCUT2D eigenvalue weighted by Crippen LogP contribution is -2.36. The fourth-order valence-electron chi connectivity index (χ4n) is 1.73. The number of nitrogens with zero attached hydrogens (tertiary/aromatic N) is 2. The van der Waals surface area contributed by atoms with Gasteiger partial charge in [0.05, 0.1) is 13.5 Å². The van der Waals surface area contributed by atoms with E-state index in [9.17, 15) is 9.59 Å². The van der Waals surface area contributed by atoms with Crippen molar-refractivity contribution in [2.75, 3.05) is 20.2 Å². The van der Waals surface area contributed by atoms with E-state index >= 15 is 0 Å². The molecule has 20 heavy (non-hydrogen) atoms. The average Bonchev–Trinajstić information content (AvgIpc) is 2.41. The summed E-state index contributed by atoms with van der Waals surface area (Å²) >= 11 is 5.86. The van der Waals surface area contributed by atoms with Gasteiger partial charge in [0, 0.05) is 24.3 Å². The molecular weight excluding hydrogens is 280 g/mol. The Hall–Kier alpha value is -1.62. The minimum Gasteiger partial charge on any atom is -0.469 e. The van der Waals surface area contributed by atoms with Crippen LogP contribution in [0.4, 0.5) is 0 Å². The van der Waals surface area contributed by atoms with Crippen LogP contribution in [-0.4, -0.2) is 42.0 Å². The number of amides is 1. The predicted molar refractivity (Wildman–Crippen MR) is 76.6 cm³/mol. The largest absolute Gasteiger partial charge is 0.469 e. The number of pyridine rings is 1. The van der Waals surface area contributed by atoms with Gasteiger partial charge in [-0.15, -0.1) is 0 Å². The second-order valence-electron chi connectivity index (χ2n) is 4.83. The Morgan fingerprint density at radius 2 is 2.15 bits per heavy atom. The second kappa shape index (κ2) is 7.85. The van der Waals surface area contributed by atoms with Crippen LogP contribution in [0, 0.1) is 5.92 Å². The molecule has 6 heteroatoms. The molecule has 0 saturated carbocycles. The molecule has 1 rings (SSSR count). The number of carbonyl (C=O) groups excluding carboxylic acids is 2. The first-order valence-electron chi connectivity index (χ1n) is 6.41. The van der Waals surface area contributed by atoms with Crippen molar-refractivity contribution in [3.8, 4) is 0 Å². The van der Waals surface area contributed by atoms with E-state index in [-0.39, 0.29) is 29.9 Å². The van der Waals surface area contributed by atoms with Crippen molar-refractivity contribution in [3.05, 3.63) is 29.0 Å². The highest BCUT2D eigenvalue weighted by Gasteiger charge is 2.19. The number of aromatic nitrogens is 1. The highest BCUT2D eigenvalue weighted by molar-refractivity contribution is 6.30. The van der Waals surface area contributed by atoms with Gasteiger partial charge in [0.15, 0.2) is 0 Å². The van der Waals surface area contributed by atoms with Crippen LogP contribution in [0.5, 0.6) is 0 Å².